The molecule has 0 unspecified atom stereocenters. The monoisotopic (exact) mass is 419 g/mol. The van der Waals surface area contributed by atoms with E-state index in [1.165, 1.54) is 0 Å². The van der Waals surface area contributed by atoms with Crippen LogP contribution in [0.1, 0.15) is 26.0 Å². The van der Waals surface area contributed by atoms with Crippen molar-refractivity contribution in [1.29, 1.82) is 0 Å². The van der Waals surface area contributed by atoms with Crippen LogP contribution in [0.4, 0.5) is 0 Å². The third kappa shape index (κ3) is 4.71. The van der Waals surface area contributed by atoms with Crippen LogP contribution in [0.15, 0.2) is 35.7 Å². The zero-order chi connectivity index (χ0) is 20.5. The Bertz CT molecular complexity index is 798. The van der Waals surface area contributed by atoms with Gasteiger partial charge in [-0.05, 0) is 13.3 Å². The van der Waals surface area contributed by atoms with Crippen molar-refractivity contribution in [3.63, 3.8) is 0 Å². The molecule has 0 radical (unpaired) electrons. The van der Waals surface area contributed by atoms with E-state index < -0.39 is 24.4 Å². The highest BCUT2D eigenvalue weighted by Gasteiger charge is 2.48. The van der Waals surface area contributed by atoms with E-state index in [2.05, 4.69) is 4.98 Å². The van der Waals surface area contributed by atoms with Crippen LogP contribution >= 0.6 is 11.3 Å². The number of nitrogens with zero attached hydrogens (tertiary/aromatic N) is 1. The van der Waals surface area contributed by atoms with Gasteiger partial charge < -0.3 is 24.8 Å². The zero-order valence-corrected chi connectivity index (χ0v) is 17.5. The number of epoxide rings is 1. The molecule has 2 aromatic rings. The third-order valence-corrected chi connectivity index (χ3v) is 7.10. The molecule has 0 bridgehead atoms. The minimum absolute atomic E-state index is 0.0126. The largest absolute Gasteiger partial charge is 0.393 e. The highest BCUT2D eigenvalue weighted by Crippen LogP contribution is 2.38. The van der Waals surface area contributed by atoms with Gasteiger partial charge in [0.2, 0.25) is 0 Å². The van der Waals surface area contributed by atoms with Gasteiger partial charge in [0.05, 0.1) is 42.8 Å². The molecule has 0 saturated carbocycles. The molecule has 3 heterocycles. The first kappa shape index (κ1) is 20.9. The van der Waals surface area contributed by atoms with Crippen molar-refractivity contribution >= 4 is 11.3 Å². The fourth-order valence-corrected chi connectivity index (χ4v) is 4.87. The van der Waals surface area contributed by atoms with Crippen LogP contribution in [-0.2, 0) is 15.9 Å². The number of benzene rings is 1. The van der Waals surface area contributed by atoms with Crippen molar-refractivity contribution in [3.05, 3.63) is 41.4 Å². The Morgan fingerprint density at radius 3 is 2.62 bits per heavy atom. The second-order valence-electron chi connectivity index (χ2n) is 8.30. The molecule has 158 valence electrons. The SMILES string of the molecule is C[C@H]([C@@H]1O[C@H]1C[C@H]1CO[C@@H](Cc2csc(-c3ccccc3)n2)[C@H](O)[C@@H]1O)[C@H](C)O. The van der Waals surface area contributed by atoms with Crippen molar-refractivity contribution in [2.45, 2.75) is 63.3 Å². The number of aromatic nitrogens is 1. The van der Waals surface area contributed by atoms with Crippen molar-refractivity contribution < 1.29 is 24.8 Å². The van der Waals surface area contributed by atoms with Gasteiger partial charge in [-0.1, -0.05) is 37.3 Å². The van der Waals surface area contributed by atoms with Crippen LogP contribution in [0.25, 0.3) is 10.6 Å². The molecule has 3 N–H and O–H groups in total. The molecule has 2 aliphatic rings. The molecule has 0 aliphatic carbocycles. The van der Waals surface area contributed by atoms with Crippen molar-refractivity contribution in [2.24, 2.45) is 11.8 Å². The Morgan fingerprint density at radius 2 is 1.90 bits per heavy atom. The maximum absolute atomic E-state index is 10.6. The summed E-state index contributed by atoms with van der Waals surface area (Å²) < 4.78 is 11.6. The van der Waals surface area contributed by atoms with Gasteiger partial charge in [0, 0.05) is 29.2 Å². The lowest BCUT2D eigenvalue weighted by Crippen LogP contribution is -2.51. The molecular weight excluding hydrogens is 390 g/mol. The predicted molar refractivity (Wildman–Crippen MR) is 111 cm³/mol. The molecular formula is C22H29NO5S. The van der Waals surface area contributed by atoms with E-state index in [1.54, 1.807) is 18.3 Å². The number of aliphatic hydroxyl groups is 3. The molecule has 1 aromatic carbocycles. The standard InChI is InChI=1S/C22H29NO5S/c1-12(13(2)24)21-18(28-21)8-15-10-27-17(20(26)19(15)25)9-16-11-29-22(23-16)14-6-4-3-5-7-14/h3-7,11-13,15,17-21,24-26H,8-10H2,1-2H3/t12-,13-,15-,17-,18-,19+,20-,21-/m0/s1. The van der Waals surface area contributed by atoms with E-state index in [1.807, 2.05) is 42.6 Å². The van der Waals surface area contributed by atoms with Gasteiger partial charge in [-0.25, -0.2) is 4.98 Å². The molecule has 29 heavy (non-hydrogen) atoms. The van der Waals surface area contributed by atoms with Crippen molar-refractivity contribution in [1.82, 2.24) is 4.98 Å². The fraction of sp³-hybridized carbons (Fsp3) is 0.591. The van der Waals surface area contributed by atoms with E-state index in [0.717, 1.165) is 16.3 Å². The van der Waals surface area contributed by atoms with Crippen LogP contribution in [-0.4, -0.2) is 63.5 Å². The van der Waals surface area contributed by atoms with Gasteiger partial charge in [0.1, 0.15) is 11.1 Å². The number of aliphatic hydroxyl groups excluding tert-OH is 3. The molecule has 8 atom stereocenters. The number of thiazole rings is 1. The molecule has 2 aliphatic heterocycles. The number of hydrogen-bond donors (Lipinski definition) is 3. The van der Waals surface area contributed by atoms with E-state index in [0.29, 0.717) is 19.4 Å². The molecule has 2 fully saturated rings. The molecule has 7 heteroatoms. The quantitative estimate of drug-likeness (QED) is 0.596. The minimum atomic E-state index is -0.956. The summed E-state index contributed by atoms with van der Waals surface area (Å²) in [5.74, 6) is -0.115. The second kappa shape index (κ2) is 8.79. The number of hydrogen-bond acceptors (Lipinski definition) is 7. The Balaban J connectivity index is 1.31. The second-order valence-corrected chi connectivity index (χ2v) is 9.16. The average molecular weight is 420 g/mol. The zero-order valence-electron chi connectivity index (χ0n) is 16.7. The van der Waals surface area contributed by atoms with Crippen molar-refractivity contribution in [2.75, 3.05) is 6.61 Å². The molecule has 4 rings (SSSR count). The minimum Gasteiger partial charge on any atom is -0.393 e. The van der Waals surface area contributed by atoms with Gasteiger partial charge in [-0.15, -0.1) is 11.3 Å². The van der Waals surface area contributed by atoms with E-state index in [-0.39, 0.29) is 24.0 Å². The average Bonchev–Trinajstić information content (AvgIpc) is 3.33. The lowest BCUT2D eigenvalue weighted by molar-refractivity contribution is -0.165. The lowest BCUT2D eigenvalue weighted by Gasteiger charge is -2.37. The summed E-state index contributed by atoms with van der Waals surface area (Å²) in [4.78, 5) is 4.66. The third-order valence-electron chi connectivity index (χ3n) is 6.16. The highest BCUT2D eigenvalue weighted by atomic mass is 32.1. The summed E-state index contributed by atoms with van der Waals surface area (Å²) in [6.45, 7) is 4.11. The van der Waals surface area contributed by atoms with Crippen LogP contribution in [0, 0.1) is 11.8 Å². The molecule has 1 aromatic heterocycles. The first-order valence-corrected chi connectivity index (χ1v) is 11.1. The molecule has 0 spiro atoms. The number of ether oxygens (including phenoxy) is 2. The normalized spacial score (nSPS) is 34.0. The maximum Gasteiger partial charge on any atom is 0.123 e. The van der Waals surface area contributed by atoms with Gasteiger partial charge >= 0.3 is 0 Å². The van der Waals surface area contributed by atoms with E-state index in [4.69, 9.17) is 9.47 Å². The number of rotatable bonds is 7. The maximum atomic E-state index is 10.6. The van der Waals surface area contributed by atoms with Gasteiger partial charge in [0.15, 0.2) is 0 Å². The molecule has 2 saturated heterocycles. The summed E-state index contributed by atoms with van der Waals surface area (Å²) in [6.07, 6.45) is -1.58. The van der Waals surface area contributed by atoms with Gasteiger partial charge in [-0.3, -0.25) is 0 Å². The summed E-state index contributed by atoms with van der Waals surface area (Å²) >= 11 is 1.57. The highest BCUT2D eigenvalue weighted by molar-refractivity contribution is 7.13. The first-order valence-electron chi connectivity index (χ1n) is 10.2. The van der Waals surface area contributed by atoms with Gasteiger partial charge in [0.25, 0.3) is 0 Å². The Labute approximate surface area is 175 Å². The Kier molecular flexibility index (Phi) is 6.34. The summed E-state index contributed by atoms with van der Waals surface area (Å²) in [5, 5.41) is 33.9. The van der Waals surface area contributed by atoms with E-state index in [9.17, 15) is 15.3 Å². The smallest absolute Gasteiger partial charge is 0.123 e. The van der Waals surface area contributed by atoms with Crippen LogP contribution in [0.3, 0.4) is 0 Å². The fourth-order valence-electron chi connectivity index (χ4n) is 4.03. The Hall–Kier alpha value is -1.35. The van der Waals surface area contributed by atoms with Crippen molar-refractivity contribution in [3.8, 4) is 10.6 Å². The first-order chi connectivity index (χ1) is 13.9. The van der Waals surface area contributed by atoms with Crippen LogP contribution < -0.4 is 0 Å². The predicted octanol–water partition coefficient (Wildman–Crippen LogP) is 2.26. The van der Waals surface area contributed by atoms with Gasteiger partial charge in [-0.2, -0.15) is 0 Å². The Morgan fingerprint density at radius 1 is 1.14 bits per heavy atom. The summed E-state index contributed by atoms with van der Waals surface area (Å²) in [5.41, 5.74) is 1.93. The topological polar surface area (TPSA) is 95.3 Å². The summed E-state index contributed by atoms with van der Waals surface area (Å²) in [7, 11) is 0. The summed E-state index contributed by atoms with van der Waals surface area (Å²) in [6, 6.07) is 9.99. The van der Waals surface area contributed by atoms with Crippen LogP contribution in [0.2, 0.25) is 0 Å². The van der Waals surface area contributed by atoms with E-state index >= 15 is 0 Å². The molecule has 0 amide bonds. The molecule has 6 nitrogen and oxygen atoms in total. The van der Waals surface area contributed by atoms with Crippen LogP contribution in [0.5, 0.6) is 0 Å². The lowest BCUT2D eigenvalue weighted by atomic mass is 9.86.